The van der Waals surface area contributed by atoms with E-state index in [9.17, 15) is 24.6 Å². The summed E-state index contributed by atoms with van der Waals surface area (Å²) in [5.74, 6) is -1.18. The topological polar surface area (TPSA) is 130 Å². The van der Waals surface area contributed by atoms with Crippen molar-refractivity contribution in [3.8, 4) is 0 Å². The number of rotatable bonds is 13. The zero-order chi connectivity index (χ0) is 20.6. The Labute approximate surface area is 159 Å². The zero-order valence-electron chi connectivity index (χ0n) is 16.3. The van der Waals surface area contributed by atoms with Crippen molar-refractivity contribution in [3.05, 3.63) is 0 Å². The average Bonchev–Trinajstić information content (AvgIpc) is 2.87. The summed E-state index contributed by atoms with van der Waals surface area (Å²) in [5.41, 5.74) is -1.50. The van der Waals surface area contributed by atoms with Gasteiger partial charge in [-0.15, -0.1) is 0 Å². The van der Waals surface area contributed by atoms with Crippen molar-refractivity contribution in [2.45, 2.75) is 83.9 Å². The van der Waals surface area contributed by atoms with Crippen molar-refractivity contribution >= 4 is 17.3 Å². The molecule has 0 saturated carbocycles. The third kappa shape index (κ3) is 5.89. The molecule has 1 rings (SSSR count). The van der Waals surface area contributed by atoms with E-state index in [4.69, 9.17) is 14.6 Å². The molecule has 0 spiro atoms. The van der Waals surface area contributed by atoms with E-state index in [2.05, 4.69) is 0 Å². The highest BCUT2D eigenvalue weighted by atomic mass is 16.7. The predicted molar refractivity (Wildman–Crippen MR) is 95.9 cm³/mol. The van der Waals surface area contributed by atoms with Gasteiger partial charge in [0.05, 0.1) is 6.61 Å². The van der Waals surface area contributed by atoms with Crippen LogP contribution in [0.3, 0.4) is 0 Å². The summed E-state index contributed by atoms with van der Waals surface area (Å²) in [6.07, 6.45) is -0.101. The van der Waals surface area contributed by atoms with Crippen LogP contribution in [0.2, 0.25) is 0 Å². The van der Waals surface area contributed by atoms with Crippen LogP contribution in [0.1, 0.15) is 59.3 Å². The molecule has 1 unspecified atom stereocenters. The van der Waals surface area contributed by atoms with E-state index in [0.717, 1.165) is 19.3 Å². The van der Waals surface area contributed by atoms with E-state index in [0.29, 0.717) is 19.4 Å². The standard InChI is InChI=1S/C19H32O8/c1-12(21)19(13(2)22,14(3)23)9-7-5-4-6-8-10-26-18-17(25)16(24)15(11-20)27-18/h15-18,20,24-25H,4-11H2,1-3H3/t15-,16+,17-,18?/m1/s1. The molecule has 1 saturated heterocycles. The SMILES string of the molecule is CC(=O)C(CCCCCCCOC1O[C@H](CO)[C@H](O)[C@H]1O)(C(C)=O)C(C)=O. The van der Waals surface area contributed by atoms with Crippen molar-refractivity contribution in [1.82, 2.24) is 0 Å². The molecule has 8 nitrogen and oxygen atoms in total. The minimum atomic E-state index is -1.50. The summed E-state index contributed by atoms with van der Waals surface area (Å²) in [4.78, 5) is 35.6. The lowest BCUT2D eigenvalue weighted by Crippen LogP contribution is -2.43. The van der Waals surface area contributed by atoms with Crippen LogP contribution in [0.4, 0.5) is 0 Å². The Kier molecular flexibility index (Phi) is 9.69. The molecule has 1 heterocycles. The molecule has 0 bridgehead atoms. The molecule has 0 aromatic rings. The minimum absolute atomic E-state index is 0.242. The second-order valence-electron chi connectivity index (χ2n) is 7.17. The quantitative estimate of drug-likeness (QED) is 0.308. The second kappa shape index (κ2) is 11.0. The van der Waals surface area contributed by atoms with Crippen LogP contribution in [0.5, 0.6) is 0 Å². The maximum atomic E-state index is 11.9. The molecule has 27 heavy (non-hydrogen) atoms. The van der Waals surface area contributed by atoms with Gasteiger partial charge in [-0.1, -0.05) is 25.7 Å². The smallest absolute Gasteiger partial charge is 0.186 e. The summed E-state index contributed by atoms with van der Waals surface area (Å²) < 4.78 is 10.6. The Morgan fingerprint density at radius 2 is 1.41 bits per heavy atom. The van der Waals surface area contributed by atoms with E-state index in [-0.39, 0.29) is 13.0 Å². The molecule has 0 amide bonds. The van der Waals surface area contributed by atoms with Crippen LogP contribution in [0.15, 0.2) is 0 Å². The molecule has 3 N–H and O–H groups in total. The maximum Gasteiger partial charge on any atom is 0.186 e. The highest BCUT2D eigenvalue weighted by molar-refractivity contribution is 6.22. The third-order valence-electron chi connectivity index (χ3n) is 5.28. The maximum absolute atomic E-state index is 11.9. The van der Waals surface area contributed by atoms with Gasteiger partial charge < -0.3 is 24.8 Å². The fourth-order valence-corrected chi connectivity index (χ4v) is 3.50. The van der Waals surface area contributed by atoms with Gasteiger partial charge in [-0.05, 0) is 33.6 Å². The number of hydrogen-bond acceptors (Lipinski definition) is 8. The highest BCUT2D eigenvalue weighted by Gasteiger charge is 2.44. The first-order valence-corrected chi connectivity index (χ1v) is 9.45. The molecule has 0 aromatic carbocycles. The Bertz CT molecular complexity index is 482. The molecule has 1 fully saturated rings. The summed E-state index contributed by atoms with van der Waals surface area (Å²) >= 11 is 0. The second-order valence-corrected chi connectivity index (χ2v) is 7.17. The van der Waals surface area contributed by atoms with Gasteiger partial charge in [-0.3, -0.25) is 14.4 Å². The first kappa shape index (κ1) is 23.8. The van der Waals surface area contributed by atoms with Crippen molar-refractivity contribution < 1.29 is 39.2 Å². The van der Waals surface area contributed by atoms with Gasteiger partial charge in [0.1, 0.15) is 23.7 Å². The Morgan fingerprint density at radius 3 is 1.89 bits per heavy atom. The molecular formula is C19H32O8. The number of ketones is 3. The van der Waals surface area contributed by atoms with E-state index < -0.39 is 47.4 Å². The molecule has 0 aromatic heterocycles. The fourth-order valence-electron chi connectivity index (χ4n) is 3.50. The van der Waals surface area contributed by atoms with E-state index >= 15 is 0 Å². The first-order valence-electron chi connectivity index (χ1n) is 9.45. The zero-order valence-corrected chi connectivity index (χ0v) is 16.3. The van der Waals surface area contributed by atoms with Crippen LogP contribution in [0.25, 0.3) is 0 Å². The minimum Gasteiger partial charge on any atom is -0.394 e. The summed E-state index contributed by atoms with van der Waals surface area (Å²) in [5, 5.41) is 28.4. The fraction of sp³-hybridized carbons (Fsp3) is 0.842. The van der Waals surface area contributed by atoms with Crippen LogP contribution >= 0.6 is 0 Å². The van der Waals surface area contributed by atoms with Gasteiger partial charge in [0.25, 0.3) is 0 Å². The largest absolute Gasteiger partial charge is 0.394 e. The van der Waals surface area contributed by atoms with Crippen molar-refractivity contribution in [2.24, 2.45) is 5.41 Å². The van der Waals surface area contributed by atoms with Crippen LogP contribution in [-0.4, -0.2) is 70.5 Å². The van der Waals surface area contributed by atoms with Crippen LogP contribution < -0.4 is 0 Å². The number of unbranched alkanes of at least 4 members (excludes halogenated alkanes) is 4. The number of carbonyl (C=O) groups is 3. The van der Waals surface area contributed by atoms with Crippen LogP contribution in [-0.2, 0) is 23.9 Å². The van der Waals surface area contributed by atoms with Gasteiger partial charge in [0.15, 0.2) is 23.6 Å². The van der Waals surface area contributed by atoms with Crippen molar-refractivity contribution in [3.63, 3.8) is 0 Å². The molecule has 4 atom stereocenters. The molecular weight excluding hydrogens is 356 g/mol. The van der Waals surface area contributed by atoms with Crippen molar-refractivity contribution in [2.75, 3.05) is 13.2 Å². The molecule has 1 aliphatic heterocycles. The lowest BCUT2D eigenvalue weighted by molar-refractivity contribution is -0.169. The van der Waals surface area contributed by atoms with E-state index in [1.807, 2.05) is 0 Å². The number of aliphatic hydroxyl groups is 3. The van der Waals surface area contributed by atoms with Crippen LogP contribution in [0, 0.1) is 5.41 Å². The third-order valence-corrected chi connectivity index (χ3v) is 5.28. The lowest BCUT2D eigenvalue weighted by Gasteiger charge is -2.25. The number of Topliss-reactive ketones (excluding diaryl/α,β-unsaturated/α-hetero) is 3. The summed E-state index contributed by atoms with van der Waals surface area (Å²) in [7, 11) is 0. The molecule has 1 aliphatic rings. The Hall–Kier alpha value is -1.19. The van der Waals surface area contributed by atoms with Gasteiger partial charge in [0, 0.05) is 6.61 Å². The number of carbonyl (C=O) groups excluding carboxylic acids is 3. The molecule has 0 aliphatic carbocycles. The van der Waals surface area contributed by atoms with Gasteiger partial charge in [0.2, 0.25) is 0 Å². The predicted octanol–water partition coefficient (Wildman–Crippen LogP) is 0.536. The van der Waals surface area contributed by atoms with E-state index in [1.54, 1.807) is 0 Å². The Morgan fingerprint density at radius 1 is 0.889 bits per heavy atom. The summed E-state index contributed by atoms with van der Waals surface area (Å²) in [6, 6.07) is 0. The number of hydrogen-bond donors (Lipinski definition) is 3. The van der Waals surface area contributed by atoms with Crippen molar-refractivity contribution in [1.29, 1.82) is 0 Å². The first-order chi connectivity index (χ1) is 12.7. The normalized spacial score (nSPS) is 25.6. The monoisotopic (exact) mass is 388 g/mol. The molecule has 0 radical (unpaired) electrons. The lowest BCUT2D eigenvalue weighted by atomic mass is 9.73. The van der Waals surface area contributed by atoms with Gasteiger partial charge >= 0.3 is 0 Å². The molecule has 156 valence electrons. The number of aliphatic hydroxyl groups excluding tert-OH is 3. The highest BCUT2D eigenvalue weighted by Crippen LogP contribution is 2.29. The van der Waals surface area contributed by atoms with E-state index in [1.165, 1.54) is 20.8 Å². The summed E-state index contributed by atoms with van der Waals surface area (Å²) in [6.45, 7) is 3.82. The van der Waals surface area contributed by atoms with Gasteiger partial charge in [-0.25, -0.2) is 0 Å². The van der Waals surface area contributed by atoms with Gasteiger partial charge in [-0.2, -0.15) is 0 Å². The number of ether oxygens (including phenoxy) is 2. The molecule has 8 heteroatoms. The Balaban J connectivity index is 2.23. The average molecular weight is 388 g/mol.